The highest BCUT2D eigenvalue weighted by atomic mass is 32.2. The normalized spacial score (nSPS) is 10.9. The molecule has 0 aliphatic heterocycles. The fourth-order valence-electron chi connectivity index (χ4n) is 1.46. The van der Waals surface area contributed by atoms with Gasteiger partial charge < -0.3 is 10.1 Å². The summed E-state index contributed by atoms with van der Waals surface area (Å²) in [7, 11) is 1.60. The largest absolute Gasteiger partial charge is 0.358 e. The summed E-state index contributed by atoms with van der Waals surface area (Å²) in [5, 5.41) is 19.5. The van der Waals surface area contributed by atoms with Gasteiger partial charge in [-0.1, -0.05) is 30.0 Å². The van der Waals surface area contributed by atoms with Crippen molar-refractivity contribution >= 4 is 40.7 Å². The molecule has 0 aliphatic rings. The summed E-state index contributed by atoms with van der Waals surface area (Å²) >= 11 is 4.94. The molecule has 20 heavy (non-hydrogen) atoms. The van der Waals surface area contributed by atoms with Gasteiger partial charge >= 0.3 is 5.82 Å². The van der Waals surface area contributed by atoms with Crippen molar-refractivity contribution in [3.05, 3.63) is 16.3 Å². The fraction of sp³-hybridized carbons (Fsp3) is 0.500. The zero-order valence-corrected chi connectivity index (χ0v) is 13.4. The van der Waals surface area contributed by atoms with Gasteiger partial charge in [-0.3, -0.25) is 0 Å². The number of nitro groups is 1. The SMILES string of the molecule is CCSCCSc1nnc(-c2ncc([N+](=O)[O-])n2C)s1. The van der Waals surface area contributed by atoms with Crippen molar-refractivity contribution in [3.63, 3.8) is 0 Å². The van der Waals surface area contributed by atoms with Gasteiger partial charge in [-0.05, 0) is 10.7 Å². The summed E-state index contributed by atoms with van der Waals surface area (Å²) in [5.74, 6) is 3.59. The van der Waals surface area contributed by atoms with Crippen LogP contribution < -0.4 is 0 Å². The van der Waals surface area contributed by atoms with Gasteiger partial charge in [0.05, 0.1) is 7.05 Å². The molecule has 108 valence electrons. The van der Waals surface area contributed by atoms with Gasteiger partial charge in [-0.15, -0.1) is 10.2 Å². The molecule has 0 saturated heterocycles. The molecule has 7 nitrogen and oxygen atoms in total. The lowest BCUT2D eigenvalue weighted by atomic mass is 10.6. The molecule has 0 amide bonds. The van der Waals surface area contributed by atoms with Crippen LogP contribution in [0.15, 0.2) is 10.5 Å². The maximum atomic E-state index is 10.8. The highest BCUT2D eigenvalue weighted by Crippen LogP contribution is 2.30. The topological polar surface area (TPSA) is 86.7 Å². The van der Waals surface area contributed by atoms with Gasteiger partial charge in [0.15, 0.2) is 4.34 Å². The number of hydrogen-bond acceptors (Lipinski definition) is 8. The van der Waals surface area contributed by atoms with Crippen molar-refractivity contribution in [2.24, 2.45) is 7.05 Å². The Bertz CT molecular complexity index is 597. The fourth-order valence-corrected chi connectivity index (χ4v) is 4.16. The maximum Gasteiger partial charge on any atom is 0.342 e. The second kappa shape index (κ2) is 7.04. The maximum absolute atomic E-state index is 10.8. The minimum absolute atomic E-state index is 0.0521. The molecule has 2 rings (SSSR count). The Morgan fingerprint density at radius 1 is 1.45 bits per heavy atom. The van der Waals surface area contributed by atoms with E-state index in [-0.39, 0.29) is 5.82 Å². The average molecular weight is 331 g/mol. The van der Waals surface area contributed by atoms with Gasteiger partial charge in [-0.25, -0.2) is 9.55 Å². The molecule has 0 radical (unpaired) electrons. The lowest BCUT2D eigenvalue weighted by Gasteiger charge is -1.95. The van der Waals surface area contributed by atoms with Gasteiger partial charge in [0.2, 0.25) is 5.01 Å². The molecule has 0 saturated carbocycles. The van der Waals surface area contributed by atoms with Crippen LogP contribution in [-0.2, 0) is 7.05 Å². The summed E-state index contributed by atoms with van der Waals surface area (Å²) in [4.78, 5) is 14.4. The van der Waals surface area contributed by atoms with Crippen LogP contribution >= 0.6 is 34.9 Å². The first kappa shape index (κ1) is 15.3. The molecule has 0 atom stereocenters. The van der Waals surface area contributed by atoms with Crippen LogP contribution in [0, 0.1) is 10.1 Å². The Morgan fingerprint density at radius 2 is 2.25 bits per heavy atom. The predicted molar refractivity (Wildman–Crippen MR) is 82.5 cm³/mol. The Kier molecular flexibility index (Phi) is 5.38. The molecule has 0 aliphatic carbocycles. The molecule has 0 N–H and O–H groups in total. The molecular weight excluding hydrogens is 318 g/mol. The Labute approximate surface area is 128 Å². The highest BCUT2D eigenvalue weighted by Gasteiger charge is 2.21. The summed E-state index contributed by atoms with van der Waals surface area (Å²) in [6.45, 7) is 2.13. The third kappa shape index (κ3) is 3.49. The zero-order chi connectivity index (χ0) is 14.5. The summed E-state index contributed by atoms with van der Waals surface area (Å²) < 4.78 is 2.28. The van der Waals surface area contributed by atoms with E-state index in [1.54, 1.807) is 18.8 Å². The van der Waals surface area contributed by atoms with Crippen LogP contribution in [0.5, 0.6) is 0 Å². The van der Waals surface area contributed by atoms with Gasteiger partial charge in [0.25, 0.3) is 5.82 Å². The molecule has 10 heteroatoms. The van der Waals surface area contributed by atoms with Crippen LogP contribution in [0.25, 0.3) is 10.8 Å². The van der Waals surface area contributed by atoms with Crippen LogP contribution in [0.3, 0.4) is 0 Å². The average Bonchev–Trinajstić information content (AvgIpc) is 3.01. The highest BCUT2D eigenvalue weighted by molar-refractivity contribution is 8.03. The number of imidazole rings is 1. The summed E-state index contributed by atoms with van der Waals surface area (Å²) in [6, 6.07) is 0. The third-order valence-electron chi connectivity index (χ3n) is 2.41. The Morgan fingerprint density at radius 3 is 2.90 bits per heavy atom. The molecule has 2 aromatic rings. The van der Waals surface area contributed by atoms with Crippen molar-refractivity contribution in [1.29, 1.82) is 0 Å². The zero-order valence-electron chi connectivity index (χ0n) is 11.0. The molecule has 2 heterocycles. The van der Waals surface area contributed by atoms with E-state index in [0.29, 0.717) is 10.8 Å². The minimum Gasteiger partial charge on any atom is -0.358 e. The Hall–Kier alpha value is -1.13. The standard InChI is InChI=1S/C10H13N5O2S3/c1-3-18-4-5-19-10-13-12-9(20-10)8-11-6-7(14(8)2)15(16)17/h6H,3-5H2,1-2H3. The van der Waals surface area contributed by atoms with E-state index in [2.05, 4.69) is 22.1 Å². The second-order valence-corrected chi connectivity index (χ2v) is 7.39. The van der Waals surface area contributed by atoms with E-state index in [4.69, 9.17) is 0 Å². The van der Waals surface area contributed by atoms with Gasteiger partial charge in [-0.2, -0.15) is 11.8 Å². The number of nitrogens with zero attached hydrogens (tertiary/aromatic N) is 5. The monoisotopic (exact) mass is 331 g/mol. The molecule has 0 fully saturated rings. The lowest BCUT2D eigenvalue weighted by molar-refractivity contribution is -0.391. The number of aromatic nitrogens is 4. The van der Waals surface area contributed by atoms with Crippen molar-refractivity contribution < 1.29 is 4.92 Å². The molecule has 0 spiro atoms. The first-order valence-electron chi connectivity index (χ1n) is 5.84. The summed E-state index contributed by atoms with van der Waals surface area (Å²) in [6.07, 6.45) is 1.24. The minimum atomic E-state index is -0.463. The van der Waals surface area contributed by atoms with E-state index in [1.165, 1.54) is 22.1 Å². The summed E-state index contributed by atoms with van der Waals surface area (Å²) in [5.41, 5.74) is 0. The van der Waals surface area contributed by atoms with E-state index < -0.39 is 4.92 Å². The molecule has 0 unspecified atom stereocenters. The molecule has 0 bridgehead atoms. The van der Waals surface area contributed by atoms with E-state index in [9.17, 15) is 10.1 Å². The van der Waals surface area contributed by atoms with Crippen molar-refractivity contribution in [3.8, 4) is 10.8 Å². The van der Waals surface area contributed by atoms with Crippen LogP contribution in [0.1, 0.15) is 6.92 Å². The van der Waals surface area contributed by atoms with Crippen LogP contribution in [0.4, 0.5) is 5.82 Å². The number of thioether (sulfide) groups is 2. The molecule has 2 aromatic heterocycles. The Balaban J connectivity index is 2.07. The van der Waals surface area contributed by atoms with Crippen LogP contribution in [0.2, 0.25) is 0 Å². The van der Waals surface area contributed by atoms with Gasteiger partial charge in [0.1, 0.15) is 6.20 Å². The van der Waals surface area contributed by atoms with Crippen molar-refractivity contribution in [2.45, 2.75) is 11.3 Å². The second-order valence-electron chi connectivity index (χ2n) is 3.67. The predicted octanol–water partition coefficient (Wildman–Crippen LogP) is 2.69. The van der Waals surface area contributed by atoms with Crippen molar-refractivity contribution in [2.75, 3.05) is 17.3 Å². The van der Waals surface area contributed by atoms with E-state index in [1.807, 2.05) is 11.8 Å². The van der Waals surface area contributed by atoms with Crippen LogP contribution in [-0.4, -0.2) is 41.9 Å². The quantitative estimate of drug-likeness (QED) is 0.333. The lowest BCUT2D eigenvalue weighted by Crippen LogP contribution is -1.98. The van der Waals surface area contributed by atoms with E-state index in [0.717, 1.165) is 21.6 Å². The van der Waals surface area contributed by atoms with Crippen molar-refractivity contribution in [1.82, 2.24) is 19.7 Å². The smallest absolute Gasteiger partial charge is 0.342 e. The van der Waals surface area contributed by atoms with Gasteiger partial charge in [0, 0.05) is 11.5 Å². The van der Waals surface area contributed by atoms with E-state index >= 15 is 0 Å². The third-order valence-corrected chi connectivity index (χ3v) is 5.62. The molecular formula is C10H13N5O2S3. The number of hydrogen-bond donors (Lipinski definition) is 0. The first-order valence-corrected chi connectivity index (χ1v) is 8.79. The first-order chi connectivity index (χ1) is 9.63. The molecule has 0 aromatic carbocycles. The number of rotatable bonds is 7.